The van der Waals surface area contributed by atoms with Crippen molar-refractivity contribution in [1.82, 2.24) is 10.6 Å². The molecule has 2 N–H and O–H groups in total. The monoisotopic (exact) mass is 330 g/mol. The summed E-state index contributed by atoms with van der Waals surface area (Å²) in [5.74, 6) is 0. The maximum absolute atomic E-state index is 12.3. The van der Waals surface area contributed by atoms with E-state index < -0.39 is 15.2 Å². The van der Waals surface area contributed by atoms with Crippen molar-refractivity contribution in [3.63, 3.8) is 0 Å². The molecule has 1 atom stereocenters. The molecule has 1 heterocycles. The highest BCUT2D eigenvalue weighted by molar-refractivity contribution is 7.92. The number of hydrogen-bond donors (Lipinski definition) is 2. The lowest BCUT2D eigenvalue weighted by atomic mass is 10.4. The minimum Gasteiger partial charge on any atom is -0.313 e. The average Bonchev–Trinajstić information content (AvgIpc) is 2.29. The molecule has 1 aliphatic heterocycles. The molecule has 0 bridgehead atoms. The van der Waals surface area contributed by atoms with E-state index in [0.717, 1.165) is 6.54 Å². The van der Waals surface area contributed by atoms with E-state index in [9.17, 15) is 8.42 Å². The maximum Gasteiger partial charge on any atom is 0.195 e. The summed E-state index contributed by atoms with van der Waals surface area (Å²) < 4.78 is 24.5. The zero-order valence-electron chi connectivity index (χ0n) is 9.32. The largest absolute Gasteiger partial charge is 0.313 e. The van der Waals surface area contributed by atoms with Crippen LogP contribution in [0.4, 0.5) is 0 Å². The second kappa shape index (κ2) is 6.41. The highest BCUT2D eigenvalue weighted by Gasteiger charge is 2.29. The predicted octanol–water partition coefficient (Wildman–Crippen LogP) is 1.71. The summed E-state index contributed by atoms with van der Waals surface area (Å²) in [5.41, 5.74) is 0. The van der Waals surface area contributed by atoms with Gasteiger partial charge in [-0.15, -0.1) is 12.4 Å². The van der Waals surface area contributed by atoms with Gasteiger partial charge in [-0.3, -0.25) is 5.32 Å². The first-order valence-electron chi connectivity index (χ1n) is 5.14. The Morgan fingerprint density at radius 3 is 2.22 bits per heavy atom. The van der Waals surface area contributed by atoms with Gasteiger partial charge in [0.25, 0.3) is 0 Å². The molecule has 1 saturated heterocycles. The second-order valence-electron chi connectivity index (χ2n) is 3.80. The smallest absolute Gasteiger partial charge is 0.195 e. The highest BCUT2D eigenvalue weighted by atomic mass is 35.5. The van der Waals surface area contributed by atoms with Crippen molar-refractivity contribution in [2.75, 3.05) is 19.6 Å². The normalized spacial score (nSPS) is 20.2. The number of piperazine rings is 1. The Morgan fingerprint density at radius 2 is 1.72 bits per heavy atom. The van der Waals surface area contributed by atoms with E-state index in [1.807, 2.05) is 0 Å². The van der Waals surface area contributed by atoms with Crippen LogP contribution in [0.3, 0.4) is 0 Å². The number of sulfone groups is 1. The van der Waals surface area contributed by atoms with E-state index in [4.69, 9.17) is 23.2 Å². The molecule has 18 heavy (non-hydrogen) atoms. The molecule has 0 spiro atoms. The summed E-state index contributed by atoms with van der Waals surface area (Å²) in [6.07, 6.45) is 0. The van der Waals surface area contributed by atoms with E-state index >= 15 is 0 Å². The van der Waals surface area contributed by atoms with Gasteiger partial charge >= 0.3 is 0 Å². The maximum atomic E-state index is 12.3. The molecule has 0 aromatic heterocycles. The third-order valence-electron chi connectivity index (χ3n) is 2.54. The molecule has 4 nitrogen and oxygen atoms in total. The molecule has 2 rings (SSSR count). The fourth-order valence-electron chi connectivity index (χ4n) is 1.70. The van der Waals surface area contributed by atoms with Gasteiger partial charge in [-0.25, -0.2) is 8.42 Å². The summed E-state index contributed by atoms with van der Waals surface area (Å²) in [6.45, 7) is 1.77. The summed E-state index contributed by atoms with van der Waals surface area (Å²) in [6, 6.07) is 4.34. The molecule has 0 radical (unpaired) electrons. The van der Waals surface area contributed by atoms with Crippen molar-refractivity contribution in [3.05, 3.63) is 28.2 Å². The van der Waals surface area contributed by atoms with E-state index in [1.54, 1.807) is 0 Å². The number of rotatable bonds is 2. The fraction of sp³-hybridized carbons (Fsp3) is 0.400. The van der Waals surface area contributed by atoms with Crippen molar-refractivity contribution in [1.29, 1.82) is 0 Å². The SMILES string of the molecule is Cl.O=S(=O)(c1cc(Cl)cc(Cl)c1)C1CNCCN1. The van der Waals surface area contributed by atoms with Crippen LogP contribution in [0.5, 0.6) is 0 Å². The lowest BCUT2D eigenvalue weighted by Crippen LogP contribution is -2.52. The zero-order valence-corrected chi connectivity index (χ0v) is 12.5. The van der Waals surface area contributed by atoms with Gasteiger partial charge in [0.15, 0.2) is 9.84 Å². The summed E-state index contributed by atoms with van der Waals surface area (Å²) in [5, 5.41) is 6.00. The standard InChI is InChI=1S/C10H12Cl2N2O2S.ClH/c11-7-3-8(12)5-9(4-7)17(15,16)10-6-13-1-2-14-10;/h3-5,10,13-14H,1-2,6H2;1H. The molecule has 1 aromatic carbocycles. The van der Waals surface area contributed by atoms with Gasteiger partial charge in [0.1, 0.15) is 5.37 Å². The average molecular weight is 332 g/mol. The molecule has 1 aliphatic rings. The van der Waals surface area contributed by atoms with E-state index in [1.165, 1.54) is 18.2 Å². The van der Waals surface area contributed by atoms with E-state index in [0.29, 0.717) is 23.1 Å². The molecule has 0 aliphatic carbocycles. The Kier molecular flexibility index (Phi) is 5.70. The Balaban J connectivity index is 0.00000162. The lowest BCUT2D eigenvalue weighted by molar-refractivity contribution is 0.475. The van der Waals surface area contributed by atoms with Crippen molar-refractivity contribution in [2.45, 2.75) is 10.3 Å². The second-order valence-corrected chi connectivity index (χ2v) is 6.80. The Morgan fingerprint density at radius 1 is 1.11 bits per heavy atom. The van der Waals surface area contributed by atoms with E-state index in [-0.39, 0.29) is 17.3 Å². The quantitative estimate of drug-likeness (QED) is 0.866. The van der Waals surface area contributed by atoms with Crippen LogP contribution in [0.2, 0.25) is 10.0 Å². The van der Waals surface area contributed by atoms with Gasteiger partial charge in [-0.05, 0) is 18.2 Å². The van der Waals surface area contributed by atoms with Crippen LogP contribution in [-0.2, 0) is 9.84 Å². The number of halogens is 3. The molecule has 8 heteroatoms. The van der Waals surface area contributed by atoms with Gasteiger partial charge < -0.3 is 5.32 Å². The summed E-state index contributed by atoms with van der Waals surface area (Å²) in [4.78, 5) is 0.149. The Bertz CT molecular complexity index is 496. The molecular formula is C10H13Cl3N2O2S. The molecule has 0 amide bonds. The van der Waals surface area contributed by atoms with Crippen LogP contribution >= 0.6 is 35.6 Å². The fourth-order valence-corrected chi connectivity index (χ4v) is 3.94. The molecule has 102 valence electrons. The van der Waals surface area contributed by atoms with Crippen LogP contribution in [0.1, 0.15) is 0 Å². The molecule has 1 fully saturated rings. The predicted molar refractivity (Wildman–Crippen MR) is 75.6 cm³/mol. The summed E-state index contributed by atoms with van der Waals surface area (Å²) >= 11 is 11.6. The van der Waals surface area contributed by atoms with Crippen molar-refractivity contribution in [2.24, 2.45) is 0 Å². The van der Waals surface area contributed by atoms with Crippen molar-refractivity contribution in [3.8, 4) is 0 Å². The van der Waals surface area contributed by atoms with Gasteiger partial charge in [0, 0.05) is 29.7 Å². The summed E-state index contributed by atoms with van der Waals surface area (Å²) in [7, 11) is -3.45. The molecule has 1 unspecified atom stereocenters. The lowest BCUT2D eigenvalue weighted by Gasteiger charge is -2.24. The Labute approximate surface area is 122 Å². The van der Waals surface area contributed by atoms with Crippen LogP contribution in [0, 0.1) is 0 Å². The van der Waals surface area contributed by atoms with E-state index in [2.05, 4.69) is 10.6 Å². The van der Waals surface area contributed by atoms with Gasteiger partial charge in [-0.1, -0.05) is 23.2 Å². The first kappa shape index (κ1) is 16.0. The minimum absolute atomic E-state index is 0. The van der Waals surface area contributed by atoms with Crippen LogP contribution in [0.25, 0.3) is 0 Å². The van der Waals surface area contributed by atoms with Crippen LogP contribution in [0.15, 0.2) is 23.1 Å². The van der Waals surface area contributed by atoms with Gasteiger partial charge in [0.05, 0.1) is 4.90 Å². The topological polar surface area (TPSA) is 58.2 Å². The molecular weight excluding hydrogens is 319 g/mol. The first-order chi connectivity index (χ1) is 8.00. The third-order valence-corrected chi connectivity index (χ3v) is 4.95. The number of hydrogen-bond acceptors (Lipinski definition) is 4. The van der Waals surface area contributed by atoms with Crippen molar-refractivity contribution >= 4 is 45.4 Å². The molecule has 1 aromatic rings. The molecule has 0 saturated carbocycles. The number of benzene rings is 1. The number of nitrogens with one attached hydrogen (secondary N) is 2. The Hall–Kier alpha value is -0.0400. The van der Waals surface area contributed by atoms with Crippen molar-refractivity contribution < 1.29 is 8.42 Å². The van der Waals surface area contributed by atoms with Gasteiger partial charge in [-0.2, -0.15) is 0 Å². The zero-order chi connectivity index (χ0) is 12.5. The minimum atomic E-state index is -3.45. The van der Waals surface area contributed by atoms with Gasteiger partial charge in [0.2, 0.25) is 0 Å². The highest BCUT2D eigenvalue weighted by Crippen LogP contribution is 2.24. The van der Waals surface area contributed by atoms with Crippen LogP contribution < -0.4 is 10.6 Å². The third kappa shape index (κ3) is 3.50. The first-order valence-corrected chi connectivity index (χ1v) is 7.44. The van der Waals surface area contributed by atoms with Crippen LogP contribution in [-0.4, -0.2) is 33.4 Å².